The standard InChI is InChI=1S/C23H28O/c1-2-3-4-5-6-7-8-9-12-18-15-16-21-20-14-11-10-13-19(20)17-22(21)23(18)24/h10-11,13-17H,2-9,12H2,1H3. The van der Waals surface area contributed by atoms with Crippen molar-refractivity contribution in [2.45, 2.75) is 64.7 Å². The number of rotatable bonds is 9. The van der Waals surface area contributed by atoms with Crippen molar-refractivity contribution in [3.8, 4) is 0 Å². The van der Waals surface area contributed by atoms with Crippen molar-refractivity contribution < 1.29 is 4.79 Å². The van der Waals surface area contributed by atoms with E-state index in [9.17, 15) is 4.79 Å². The molecule has 0 bridgehead atoms. The number of Topliss-reactive ketones (excluding diaryl/α,β-unsaturated/α-hetero) is 1. The Balaban J connectivity index is 1.48. The number of ketones is 1. The number of carbonyl (C=O) groups excluding carboxylic acids is 1. The van der Waals surface area contributed by atoms with Crippen LogP contribution in [0.3, 0.4) is 0 Å². The fourth-order valence-electron chi connectivity index (χ4n) is 3.69. The number of carbonyl (C=O) groups is 1. The zero-order valence-electron chi connectivity index (χ0n) is 14.8. The van der Waals surface area contributed by atoms with Crippen LogP contribution in [-0.4, -0.2) is 5.78 Å². The Bertz CT molecular complexity index is 688. The maximum Gasteiger partial charge on any atom is 0.189 e. The zero-order chi connectivity index (χ0) is 16.8. The van der Waals surface area contributed by atoms with Gasteiger partial charge in [0, 0.05) is 11.1 Å². The summed E-state index contributed by atoms with van der Waals surface area (Å²) in [5, 5.41) is 0. The average Bonchev–Trinajstić information content (AvgIpc) is 2.99. The van der Waals surface area contributed by atoms with Crippen LogP contribution in [0.5, 0.6) is 0 Å². The van der Waals surface area contributed by atoms with Crippen molar-refractivity contribution in [1.82, 2.24) is 0 Å². The van der Waals surface area contributed by atoms with Gasteiger partial charge in [-0.25, -0.2) is 0 Å². The van der Waals surface area contributed by atoms with Gasteiger partial charge in [0.1, 0.15) is 0 Å². The maximum absolute atomic E-state index is 12.7. The predicted octanol–water partition coefficient (Wildman–Crippen LogP) is 6.51. The molecule has 0 heterocycles. The molecule has 0 saturated carbocycles. The number of unbranched alkanes of at least 4 members (excludes halogenated alkanes) is 7. The number of hydrogen-bond acceptors (Lipinski definition) is 1. The molecule has 0 fully saturated rings. The molecule has 0 aromatic heterocycles. The van der Waals surface area contributed by atoms with E-state index in [-0.39, 0.29) is 5.78 Å². The summed E-state index contributed by atoms with van der Waals surface area (Å²) in [4.78, 5) is 12.7. The molecular formula is C23H28O. The highest BCUT2D eigenvalue weighted by molar-refractivity contribution is 6.25. The van der Waals surface area contributed by atoms with Crippen molar-refractivity contribution in [1.29, 1.82) is 0 Å². The van der Waals surface area contributed by atoms with E-state index in [4.69, 9.17) is 0 Å². The van der Waals surface area contributed by atoms with Crippen molar-refractivity contribution in [3.63, 3.8) is 0 Å². The van der Waals surface area contributed by atoms with E-state index in [2.05, 4.69) is 37.3 Å². The van der Waals surface area contributed by atoms with Crippen LogP contribution >= 0.6 is 0 Å². The first-order chi connectivity index (χ1) is 11.8. The number of allylic oxidation sites excluding steroid dienone is 5. The Morgan fingerprint density at radius 1 is 0.792 bits per heavy atom. The first-order valence-corrected chi connectivity index (χ1v) is 9.58. The highest BCUT2D eigenvalue weighted by atomic mass is 16.1. The average molecular weight is 320 g/mol. The van der Waals surface area contributed by atoms with Crippen LogP contribution in [0.25, 0.3) is 11.6 Å². The summed E-state index contributed by atoms with van der Waals surface area (Å²) < 4.78 is 0. The third kappa shape index (κ3) is 3.77. The Morgan fingerprint density at radius 2 is 1.50 bits per heavy atom. The summed E-state index contributed by atoms with van der Waals surface area (Å²) in [6.45, 7) is 2.26. The van der Waals surface area contributed by atoms with Crippen LogP contribution in [0, 0.1) is 0 Å². The lowest BCUT2D eigenvalue weighted by Crippen LogP contribution is -2.09. The first kappa shape index (κ1) is 17.0. The predicted molar refractivity (Wildman–Crippen MR) is 103 cm³/mol. The van der Waals surface area contributed by atoms with Gasteiger partial charge >= 0.3 is 0 Å². The molecule has 1 heteroatoms. The third-order valence-corrected chi connectivity index (χ3v) is 5.13. The third-order valence-electron chi connectivity index (χ3n) is 5.13. The molecule has 0 saturated heterocycles. The summed E-state index contributed by atoms with van der Waals surface area (Å²) in [5.41, 5.74) is 5.37. The number of benzene rings is 1. The molecule has 2 aliphatic rings. The first-order valence-electron chi connectivity index (χ1n) is 9.58. The van der Waals surface area contributed by atoms with Crippen molar-refractivity contribution >= 4 is 17.4 Å². The van der Waals surface area contributed by atoms with Gasteiger partial charge in [-0.1, -0.05) is 88.3 Å². The lowest BCUT2D eigenvalue weighted by molar-refractivity contribution is -0.112. The van der Waals surface area contributed by atoms with Crippen LogP contribution in [0.4, 0.5) is 0 Å². The Kier molecular flexibility index (Phi) is 5.85. The van der Waals surface area contributed by atoms with Gasteiger partial charge in [0.25, 0.3) is 0 Å². The fraction of sp³-hybridized carbons (Fsp3) is 0.435. The van der Waals surface area contributed by atoms with Crippen LogP contribution < -0.4 is 0 Å². The normalized spacial score (nSPS) is 15.5. The molecule has 0 N–H and O–H groups in total. The molecule has 3 rings (SSSR count). The van der Waals surface area contributed by atoms with Gasteiger partial charge in [0.2, 0.25) is 0 Å². The summed E-state index contributed by atoms with van der Waals surface area (Å²) in [6.07, 6.45) is 17.6. The molecule has 0 amide bonds. The van der Waals surface area contributed by atoms with Crippen LogP contribution in [0.15, 0.2) is 47.6 Å². The minimum atomic E-state index is 0.242. The summed E-state index contributed by atoms with van der Waals surface area (Å²) in [5.74, 6) is 0.242. The van der Waals surface area contributed by atoms with Crippen LogP contribution in [0.2, 0.25) is 0 Å². The second-order valence-electron chi connectivity index (χ2n) is 6.97. The van der Waals surface area contributed by atoms with E-state index in [0.717, 1.165) is 29.6 Å². The van der Waals surface area contributed by atoms with Crippen molar-refractivity contribution in [2.75, 3.05) is 0 Å². The maximum atomic E-state index is 12.7. The minimum absolute atomic E-state index is 0.242. The molecule has 1 aromatic rings. The molecular weight excluding hydrogens is 292 g/mol. The molecule has 1 nitrogen and oxygen atoms in total. The number of hydrogen-bond donors (Lipinski definition) is 0. The molecule has 24 heavy (non-hydrogen) atoms. The van der Waals surface area contributed by atoms with E-state index in [1.165, 1.54) is 56.1 Å². The van der Waals surface area contributed by atoms with Crippen LogP contribution in [0.1, 0.15) is 75.8 Å². The van der Waals surface area contributed by atoms with E-state index >= 15 is 0 Å². The van der Waals surface area contributed by atoms with Gasteiger partial charge in [-0.05, 0) is 35.6 Å². The molecule has 126 valence electrons. The van der Waals surface area contributed by atoms with E-state index in [0.29, 0.717) is 0 Å². The summed E-state index contributed by atoms with van der Waals surface area (Å²) >= 11 is 0. The smallest absolute Gasteiger partial charge is 0.189 e. The van der Waals surface area contributed by atoms with Gasteiger partial charge < -0.3 is 0 Å². The second kappa shape index (κ2) is 8.28. The van der Waals surface area contributed by atoms with Crippen molar-refractivity contribution in [3.05, 3.63) is 58.7 Å². The summed E-state index contributed by atoms with van der Waals surface area (Å²) in [7, 11) is 0. The quantitative estimate of drug-likeness (QED) is 0.474. The molecule has 0 atom stereocenters. The Labute approximate surface area is 146 Å². The van der Waals surface area contributed by atoms with E-state index < -0.39 is 0 Å². The van der Waals surface area contributed by atoms with E-state index in [1.54, 1.807) is 0 Å². The molecule has 1 aromatic carbocycles. The highest BCUT2D eigenvalue weighted by Gasteiger charge is 2.27. The van der Waals surface area contributed by atoms with Gasteiger partial charge in [-0.3, -0.25) is 4.79 Å². The fourth-order valence-corrected chi connectivity index (χ4v) is 3.69. The molecule has 0 spiro atoms. The molecule has 0 unspecified atom stereocenters. The van der Waals surface area contributed by atoms with Gasteiger partial charge in [-0.2, -0.15) is 0 Å². The van der Waals surface area contributed by atoms with Crippen LogP contribution in [-0.2, 0) is 4.79 Å². The molecule has 0 radical (unpaired) electrons. The van der Waals surface area contributed by atoms with Gasteiger partial charge in [-0.15, -0.1) is 0 Å². The van der Waals surface area contributed by atoms with Gasteiger partial charge in [0.15, 0.2) is 5.78 Å². The minimum Gasteiger partial charge on any atom is -0.289 e. The van der Waals surface area contributed by atoms with Gasteiger partial charge in [0.05, 0.1) is 0 Å². The second-order valence-corrected chi connectivity index (χ2v) is 6.97. The topological polar surface area (TPSA) is 17.1 Å². The molecule has 2 aliphatic carbocycles. The van der Waals surface area contributed by atoms with Crippen molar-refractivity contribution in [2.24, 2.45) is 0 Å². The molecule has 0 aliphatic heterocycles. The zero-order valence-corrected chi connectivity index (χ0v) is 14.8. The lowest BCUT2D eigenvalue weighted by atomic mass is 9.89. The largest absolute Gasteiger partial charge is 0.289 e. The summed E-state index contributed by atoms with van der Waals surface area (Å²) in [6, 6.07) is 8.27. The number of fused-ring (bicyclic) bond motifs is 3. The lowest BCUT2D eigenvalue weighted by Gasteiger charge is -2.14. The highest BCUT2D eigenvalue weighted by Crippen LogP contribution is 2.39. The Hall–Kier alpha value is -1.89. The SMILES string of the molecule is CCCCCCCCCCC1=CC=C2C(=Cc3ccccc32)C1=O. The van der Waals surface area contributed by atoms with E-state index in [1.807, 2.05) is 12.1 Å². The monoisotopic (exact) mass is 320 g/mol. The Morgan fingerprint density at radius 3 is 2.29 bits per heavy atom.